The van der Waals surface area contributed by atoms with Crippen molar-refractivity contribution in [1.29, 1.82) is 0 Å². The smallest absolute Gasteiger partial charge is 0.277 e. The molecule has 3 rings (SSSR count). The van der Waals surface area contributed by atoms with Gasteiger partial charge in [-0.3, -0.25) is 4.79 Å². The van der Waals surface area contributed by atoms with Crippen molar-refractivity contribution in [3.63, 3.8) is 0 Å². The van der Waals surface area contributed by atoms with Gasteiger partial charge in [-0.05, 0) is 87.6 Å². The van der Waals surface area contributed by atoms with Crippen molar-refractivity contribution in [3.8, 4) is 11.5 Å². The summed E-state index contributed by atoms with van der Waals surface area (Å²) in [5, 5.41) is 4.10. The van der Waals surface area contributed by atoms with E-state index in [4.69, 9.17) is 9.47 Å². The molecule has 0 aromatic heterocycles. The van der Waals surface area contributed by atoms with E-state index >= 15 is 0 Å². The normalized spacial score (nSPS) is 17.5. The van der Waals surface area contributed by atoms with E-state index in [1.807, 2.05) is 6.07 Å². The van der Waals surface area contributed by atoms with Crippen LogP contribution in [0, 0.1) is 0 Å². The number of hydrogen-bond acceptors (Lipinski definition) is 5. The molecule has 0 radical (unpaired) electrons. The highest BCUT2D eigenvalue weighted by Crippen LogP contribution is 2.44. The number of hydrogen-bond donors (Lipinski definition) is 1. The summed E-state index contributed by atoms with van der Waals surface area (Å²) in [6.45, 7) is 11.3. The summed E-state index contributed by atoms with van der Waals surface area (Å²) >= 11 is 0. The fourth-order valence-electron chi connectivity index (χ4n) is 4.56. The maximum atomic E-state index is 12.0. The molecule has 1 N–H and O–H groups in total. The Hall–Kier alpha value is -3.02. The fraction of sp³-hybridized carbons (Fsp3) is 0.440. The van der Waals surface area contributed by atoms with Gasteiger partial charge in [0.25, 0.3) is 5.91 Å². The summed E-state index contributed by atoms with van der Waals surface area (Å²) in [6, 6.07) is 13.9. The lowest BCUT2D eigenvalue weighted by Gasteiger charge is -2.50. The zero-order valence-electron chi connectivity index (χ0n) is 19.3. The molecule has 166 valence electrons. The van der Waals surface area contributed by atoms with Gasteiger partial charge in [-0.2, -0.15) is 5.10 Å². The molecule has 2 aromatic rings. The first kappa shape index (κ1) is 22.7. The molecule has 6 heteroatoms. The minimum Gasteiger partial charge on any atom is -0.497 e. The van der Waals surface area contributed by atoms with E-state index in [9.17, 15) is 4.79 Å². The second-order valence-electron chi connectivity index (χ2n) is 8.96. The number of carbonyl (C=O) groups excluding carboxylic acids is 1. The number of ether oxygens (including phenoxy) is 2. The van der Waals surface area contributed by atoms with E-state index in [-0.39, 0.29) is 18.1 Å². The zero-order valence-corrected chi connectivity index (χ0v) is 19.3. The summed E-state index contributed by atoms with van der Waals surface area (Å²) in [4.78, 5) is 14.5. The van der Waals surface area contributed by atoms with Gasteiger partial charge in [0.1, 0.15) is 11.5 Å². The summed E-state index contributed by atoms with van der Waals surface area (Å²) in [5.41, 5.74) is 6.22. The van der Waals surface area contributed by atoms with Crippen LogP contribution in [0.5, 0.6) is 11.5 Å². The Kier molecular flexibility index (Phi) is 6.88. The van der Waals surface area contributed by atoms with E-state index in [1.165, 1.54) is 11.3 Å². The number of fused-ring (bicyclic) bond motifs is 1. The van der Waals surface area contributed by atoms with Crippen LogP contribution in [-0.4, -0.2) is 37.4 Å². The standard InChI is InChI=1S/C25H33N3O3/c1-17(2)28-23-12-7-19(13-22(23)18(3)14-25(28,4)5)15-26-27-24(29)16-31-21-10-8-20(30-6)9-11-21/h7-13,15,17-18H,14,16H2,1-6H3,(H,27,29)/b26-15+/t18-/m1/s1. The highest BCUT2D eigenvalue weighted by molar-refractivity contribution is 5.84. The van der Waals surface area contributed by atoms with E-state index in [1.54, 1.807) is 37.6 Å². The molecule has 0 saturated carbocycles. The minimum atomic E-state index is -0.314. The predicted octanol–water partition coefficient (Wildman–Crippen LogP) is 4.72. The molecule has 1 amide bonds. The fourth-order valence-corrected chi connectivity index (χ4v) is 4.56. The third-order valence-electron chi connectivity index (χ3n) is 5.65. The van der Waals surface area contributed by atoms with Crippen molar-refractivity contribution in [2.45, 2.75) is 58.5 Å². The van der Waals surface area contributed by atoms with Gasteiger partial charge in [0.2, 0.25) is 0 Å². The van der Waals surface area contributed by atoms with Gasteiger partial charge >= 0.3 is 0 Å². The van der Waals surface area contributed by atoms with Crippen LogP contribution in [0.4, 0.5) is 5.69 Å². The van der Waals surface area contributed by atoms with Crippen molar-refractivity contribution < 1.29 is 14.3 Å². The Labute approximate surface area is 185 Å². The quantitative estimate of drug-likeness (QED) is 0.517. The van der Waals surface area contributed by atoms with Crippen molar-refractivity contribution >= 4 is 17.8 Å². The largest absolute Gasteiger partial charge is 0.497 e. The van der Waals surface area contributed by atoms with Crippen LogP contribution >= 0.6 is 0 Å². The molecular weight excluding hydrogens is 390 g/mol. The Balaban J connectivity index is 1.61. The molecule has 0 bridgehead atoms. The molecular formula is C25H33N3O3. The van der Waals surface area contributed by atoms with E-state index in [2.05, 4.69) is 62.2 Å². The van der Waals surface area contributed by atoms with Gasteiger partial charge in [0.15, 0.2) is 6.61 Å². The van der Waals surface area contributed by atoms with Crippen molar-refractivity contribution in [3.05, 3.63) is 53.6 Å². The van der Waals surface area contributed by atoms with Crippen LogP contribution in [-0.2, 0) is 4.79 Å². The second-order valence-corrected chi connectivity index (χ2v) is 8.96. The molecule has 31 heavy (non-hydrogen) atoms. The van der Waals surface area contributed by atoms with Crippen molar-refractivity contribution in [2.75, 3.05) is 18.6 Å². The molecule has 0 aliphatic carbocycles. The molecule has 0 fully saturated rings. The number of amides is 1. The number of anilines is 1. The second kappa shape index (κ2) is 9.41. The summed E-state index contributed by atoms with van der Waals surface area (Å²) in [5.74, 6) is 1.48. The minimum absolute atomic E-state index is 0.108. The first-order valence-electron chi connectivity index (χ1n) is 10.7. The molecule has 1 heterocycles. The molecule has 0 saturated heterocycles. The Morgan fingerprint density at radius 3 is 2.55 bits per heavy atom. The number of benzene rings is 2. The molecule has 6 nitrogen and oxygen atoms in total. The first-order valence-corrected chi connectivity index (χ1v) is 10.7. The average molecular weight is 424 g/mol. The van der Waals surface area contributed by atoms with Crippen LogP contribution in [0.15, 0.2) is 47.6 Å². The summed E-state index contributed by atoms with van der Waals surface area (Å²) in [7, 11) is 1.60. The van der Waals surface area contributed by atoms with Crippen LogP contribution in [0.25, 0.3) is 0 Å². The van der Waals surface area contributed by atoms with Gasteiger partial charge in [0.05, 0.1) is 13.3 Å². The van der Waals surface area contributed by atoms with Gasteiger partial charge < -0.3 is 14.4 Å². The maximum Gasteiger partial charge on any atom is 0.277 e. The SMILES string of the molecule is COc1ccc(OCC(=O)N/N=C/c2ccc3c(c2)[C@H](C)CC(C)(C)N3C(C)C)cc1. The summed E-state index contributed by atoms with van der Waals surface area (Å²) in [6.07, 6.45) is 2.77. The Morgan fingerprint density at radius 2 is 1.90 bits per heavy atom. The third kappa shape index (κ3) is 5.37. The van der Waals surface area contributed by atoms with E-state index in [0.717, 1.165) is 17.7 Å². The number of rotatable bonds is 7. The van der Waals surface area contributed by atoms with Crippen molar-refractivity contribution in [2.24, 2.45) is 5.10 Å². The topological polar surface area (TPSA) is 63.2 Å². The zero-order chi connectivity index (χ0) is 22.6. The monoisotopic (exact) mass is 423 g/mol. The third-order valence-corrected chi connectivity index (χ3v) is 5.65. The van der Waals surface area contributed by atoms with Gasteiger partial charge in [-0.25, -0.2) is 5.43 Å². The highest BCUT2D eigenvalue weighted by Gasteiger charge is 2.37. The van der Waals surface area contributed by atoms with Crippen LogP contribution in [0.2, 0.25) is 0 Å². The molecule has 1 atom stereocenters. The van der Waals surface area contributed by atoms with E-state index in [0.29, 0.717) is 17.7 Å². The highest BCUT2D eigenvalue weighted by atomic mass is 16.5. The summed E-state index contributed by atoms with van der Waals surface area (Å²) < 4.78 is 10.6. The first-order chi connectivity index (χ1) is 14.7. The van der Waals surface area contributed by atoms with Gasteiger partial charge in [0, 0.05) is 17.3 Å². The number of methoxy groups -OCH3 is 1. The predicted molar refractivity (Wildman–Crippen MR) is 125 cm³/mol. The molecule has 2 aromatic carbocycles. The van der Waals surface area contributed by atoms with Crippen molar-refractivity contribution in [1.82, 2.24) is 5.43 Å². The van der Waals surface area contributed by atoms with Crippen LogP contribution < -0.4 is 19.8 Å². The number of carbonyl (C=O) groups is 1. The average Bonchev–Trinajstić information content (AvgIpc) is 2.72. The van der Waals surface area contributed by atoms with Crippen LogP contribution in [0.1, 0.15) is 58.1 Å². The lowest BCUT2D eigenvalue weighted by Crippen LogP contribution is -2.51. The van der Waals surface area contributed by atoms with Crippen LogP contribution in [0.3, 0.4) is 0 Å². The van der Waals surface area contributed by atoms with E-state index < -0.39 is 0 Å². The number of hydrazone groups is 1. The molecule has 1 aliphatic heterocycles. The number of nitrogens with one attached hydrogen (secondary N) is 1. The van der Waals surface area contributed by atoms with Gasteiger partial charge in [-0.1, -0.05) is 13.0 Å². The Bertz CT molecular complexity index is 936. The molecule has 0 spiro atoms. The molecule has 0 unspecified atom stereocenters. The Morgan fingerprint density at radius 1 is 1.23 bits per heavy atom. The lowest BCUT2D eigenvalue weighted by atomic mass is 9.79. The molecule has 1 aliphatic rings. The number of nitrogens with zero attached hydrogens (tertiary/aromatic N) is 2. The van der Waals surface area contributed by atoms with Gasteiger partial charge in [-0.15, -0.1) is 0 Å². The maximum absolute atomic E-state index is 12.0. The lowest BCUT2D eigenvalue weighted by molar-refractivity contribution is -0.123.